The SMILES string of the molecule is COC(=O)C(C)S(=O)(=O)NCC(C)(O)CC(C)C. The number of ether oxygens (including phenoxy) is 1. The molecule has 0 fully saturated rings. The summed E-state index contributed by atoms with van der Waals surface area (Å²) in [6.07, 6.45) is 0.460. The Morgan fingerprint density at radius 2 is 1.89 bits per heavy atom. The van der Waals surface area contributed by atoms with Crippen molar-refractivity contribution in [2.45, 2.75) is 45.0 Å². The van der Waals surface area contributed by atoms with Crippen molar-refractivity contribution in [3.05, 3.63) is 0 Å². The van der Waals surface area contributed by atoms with Crippen LogP contribution in [0.1, 0.15) is 34.1 Å². The van der Waals surface area contributed by atoms with Crippen LogP contribution in [0.5, 0.6) is 0 Å². The summed E-state index contributed by atoms with van der Waals surface area (Å²) in [5, 5.41) is 8.69. The Kier molecular flexibility index (Phi) is 6.25. The molecule has 0 radical (unpaired) electrons. The molecule has 0 saturated heterocycles. The molecule has 6 nitrogen and oxygen atoms in total. The number of hydrogen-bond acceptors (Lipinski definition) is 5. The Labute approximate surface area is 109 Å². The maximum absolute atomic E-state index is 11.7. The highest BCUT2D eigenvalue weighted by Crippen LogP contribution is 2.15. The Morgan fingerprint density at radius 3 is 2.28 bits per heavy atom. The molecule has 0 aromatic rings. The minimum atomic E-state index is -3.83. The number of hydrogen-bond donors (Lipinski definition) is 2. The summed E-state index contributed by atoms with van der Waals surface area (Å²) in [4.78, 5) is 11.2. The standard InChI is InChI=1S/C11H23NO5S/c1-8(2)6-11(4,14)7-12-18(15,16)9(3)10(13)17-5/h8-9,12,14H,6-7H2,1-5H3. The Bertz CT molecular complexity index is 375. The van der Waals surface area contributed by atoms with Crippen molar-refractivity contribution in [2.75, 3.05) is 13.7 Å². The average molecular weight is 281 g/mol. The molecule has 0 amide bonds. The van der Waals surface area contributed by atoms with E-state index in [1.807, 2.05) is 13.8 Å². The molecular weight excluding hydrogens is 258 g/mol. The van der Waals surface area contributed by atoms with Gasteiger partial charge in [0.2, 0.25) is 10.0 Å². The number of rotatable bonds is 7. The topological polar surface area (TPSA) is 92.7 Å². The van der Waals surface area contributed by atoms with E-state index < -0.39 is 26.8 Å². The first-order valence-corrected chi connectivity index (χ1v) is 7.35. The zero-order chi connectivity index (χ0) is 14.6. The molecule has 18 heavy (non-hydrogen) atoms. The largest absolute Gasteiger partial charge is 0.468 e. The van der Waals surface area contributed by atoms with Gasteiger partial charge in [-0.2, -0.15) is 0 Å². The highest BCUT2D eigenvalue weighted by Gasteiger charge is 2.31. The smallest absolute Gasteiger partial charge is 0.325 e. The molecule has 2 unspecified atom stereocenters. The fourth-order valence-electron chi connectivity index (χ4n) is 1.63. The fraction of sp³-hybridized carbons (Fsp3) is 0.909. The van der Waals surface area contributed by atoms with Gasteiger partial charge in [-0.1, -0.05) is 13.8 Å². The van der Waals surface area contributed by atoms with Crippen molar-refractivity contribution >= 4 is 16.0 Å². The van der Waals surface area contributed by atoms with Crippen LogP contribution in [0.15, 0.2) is 0 Å². The molecule has 0 aliphatic rings. The van der Waals surface area contributed by atoms with Gasteiger partial charge >= 0.3 is 5.97 Å². The van der Waals surface area contributed by atoms with Gasteiger partial charge in [0.15, 0.2) is 5.25 Å². The van der Waals surface area contributed by atoms with E-state index in [0.29, 0.717) is 6.42 Å². The summed E-state index contributed by atoms with van der Waals surface area (Å²) in [5.41, 5.74) is -1.14. The number of carbonyl (C=O) groups excluding carboxylic acids is 1. The third kappa shape index (κ3) is 5.79. The van der Waals surface area contributed by atoms with E-state index >= 15 is 0 Å². The number of aliphatic hydroxyl groups is 1. The van der Waals surface area contributed by atoms with Crippen LogP contribution < -0.4 is 4.72 Å². The van der Waals surface area contributed by atoms with Gasteiger partial charge in [0.1, 0.15) is 0 Å². The second-order valence-corrected chi connectivity index (χ2v) is 7.21. The van der Waals surface area contributed by atoms with E-state index in [0.717, 1.165) is 7.11 Å². The number of nitrogens with one attached hydrogen (secondary N) is 1. The lowest BCUT2D eigenvalue weighted by Gasteiger charge is -2.26. The lowest BCUT2D eigenvalue weighted by Crippen LogP contribution is -2.46. The number of sulfonamides is 1. The molecule has 0 rings (SSSR count). The van der Waals surface area contributed by atoms with Crippen molar-refractivity contribution in [1.82, 2.24) is 4.72 Å². The average Bonchev–Trinajstić information content (AvgIpc) is 2.23. The van der Waals surface area contributed by atoms with E-state index in [4.69, 9.17) is 0 Å². The molecule has 0 bridgehead atoms. The van der Waals surface area contributed by atoms with E-state index in [-0.39, 0.29) is 12.5 Å². The predicted molar refractivity (Wildman–Crippen MR) is 68.5 cm³/mol. The van der Waals surface area contributed by atoms with Crippen molar-refractivity contribution in [1.29, 1.82) is 0 Å². The van der Waals surface area contributed by atoms with Gasteiger partial charge in [-0.05, 0) is 26.2 Å². The minimum Gasteiger partial charge on any atom is -0.468 e. The first kappa shape index (κ1) is 17.3. The summed E-state index contributed by atoms with van der Waals surface area (Å²) in [5.74, 6) is -0.589. The first-order valence-electron chi connectivity index (χ1n) is 5.80. The maximum atomic E-state index is 11.7. The van der Waals surface area contributed by atoms with Crippen LogP contribution in [0.2, 0.25) is 0 Å². The number of methoxy groups -OCH3 is 1. The van der Waals surface area contributed by atoms with Gasteiger partial charge < -0.3 is 9.84 Å². The van der Waals surface area contributed by atoms with E-state index in [1.165, 1.54) is 6.92 Å². The molecule has 0 spiro atoms. The maximum Gasteiger partial charge on any atom is 0.325 e. The normalized spacial score (nSPS) is 17.3. The summed E-state index contributed by atoms with van der Waals surface area (Å²) in [6.45, 7) is 6.53. The highest BCUT2D eigenvalue weighted by molar-refractivity contribution is 7.90. The van der Waals surface area contributed by atoms with Crippen molar-refractivity contribution in [3.63, 3.8) is 0 Å². The summed E-state index contributed by atoms with van der Waals surface area (Å²) in [6, 6.07) is 0. The highest BCUT2D eigenvalue weighted by atomic mass is 32.2. The quantitative estimate of drug-likeness (QED) is 0.653. The molecule has 0 aromatic heterocycles. The van der Waals surface area contributed by atoms with Crippen LogP contribution in [0.4, 0.5) is 0 Å². The van der Waals surface area contributed by atoms with Gasteiger partial charge in [0.25, 0.3) is 0 Å². The van der Waals surface area contributed by atoms with E-state index in [1.54, 1.807) is 6.92 Å². The van der Waals surface area contributed by atoms with Crippen molar-refractivity contribution < 1.29 is 23.1 Å². The lowest BCUT2D eigenvalue weighted by atomic mass is 9.95. The zero-order valence-electron chi connectivity index (χ0n) is 11.6. The van der Waals surface area contributed by atoms with Gasteiger partial charge in [0.05, 0.1) is 12.7 Å². The van der Waals surface area contributed by atoms with Crippen LogP contribution in [0.25, 0.3) is 0 Å². The van der Waals surface area contributed by atoms with Crippen LogP contribution in [-0.4, -0.2) is 44.0 Å². The first-order chi connectivity index (χ1) is 8.02. The van der Waals surface area contributed by atoms with Crippen LogP contribution >= 0.6 is 0 Å². The lowest BCUT2D eigenvalue weighted by molar-refractivity contribution is -0.139. The van der Waals surface area contributed by atoms with Gasteiger partial charge in [-0.15, -0.1) is 0 Å². The molecular formula is C11H23NO5S. The fourth-order valence-corrected chi connectivity index (χ4v) is 2.74. The predicted octanol–water partition coefficient (Wildman–Crippen LogP) is 0.264. The molecule has 2 atom stereocenters. The number of esters is 1. The molecule has 108 valence electrons. The van der Waals surface area contributed by atoms with Gasteiger partial charge in [0, 0.05) is 6.54 Å². The minimum absolute atomic E-state index is 0.130. The van der Waals surface area contributed by atoms with Crippen LogP contribution in [0, 0.1) is 5.92 Å². The number of carbonyl (C=O) groups is 1. The Balaban J connectivity index is 4.57. The second kappa shape index (κ2) is 6.49. The second-order valence-electron chi connectivity index (χ2n) is 5.13. The summed E-state index contributed by atoms with van der Waals surface area (Å²) >= 11 is 0. The summed E-state index contributed by atoms with van der Waals surface area (Å²) in [7, 11) is -2.70. The van der Waals surface area contributed by atoms with E-state index in [2.05, 4.69) is 9.46 Å². The molecule has 2 N–H and O–H groups in total. The van der Waals surface area contributed by atoms with Crippen molar-refractivity contribution in [3.8, 4) is 0 Å². The zero-order valence-corrected chi connectivity index (χ0v) is 12.4. The molecule has 7 heteroatoms. The van der Waals surface area contributed by atoms with Gasteiger partial charge in [-0.3, -0.25) is 4.79 Å². The Morgan fingerprint density at radius 1 is 1.39 bits per heavy atom. The molecule has 0 saturated carbocycles. The Hall–Kier alpha value is -0.660. The third-order valence-corrected chi connectivity index (χ3v) is 4.17. The van der Waals surface area contributed by atoms with Crippen LogP contribution in [-0.2, 0) is 19.6 Å². The molecule has 0 aliphatic carbocycles. The molecule has 0 heterocycles. The summed E-state index contributed by atoms with van der Waals surface area (Å²) < 4.78 is 30.1. The molecule has 0 aliphatic heterocycles. The van der Waals surface area contributed by atoms with Gasteiger partial charge in [-0.25, -0.2) is 13.1 Å². The molecule has 0 aromatic carbocycles. The van der Waals surface area contributed by atoms with Crippen LogP contribution in [0.3, 0.4) is 0 Å². The van der Waals surface area contributed by atoms with Crippen molar-refractivity contribution in [2.24, 2.45) is 5.92 Å². The third-order valence-electron chi connectivity index (χ3n) is 2.50. The monoisotopic (exact) mass is 281 g/mol. The van der Waals surface area contributed by atoms with E-state index in [9.17, 15) is 18.3 Å².